The van der Waals surface area contributed by atoms with Gasteiger partial charge in [0.1, 0.15) is 0 Å². The first kappa shape index (κ1) is 16.3. The van der Waals surface area contributed by atoms with E-state index in [0.29, 0.717) is 0 Å². The van der Waals surface area contributed by atoms with E-state index in [2.05, 4.69) is 32.1 Å². The van der Waals surface area contributed by atoms with E-state index in [-0.39, 0.29) is 0 Å². The van der Waals surface area contributed by atoms with Crippen molar-refractivity contribution in [2.45, 2.75) is 51.0 Å². The second kappa shape index (κ2) is 7.79. The van der Waals surface area contributed by atoms with Crippen LogP contribution < -0.4 is 4.90 Å². The second-order valence-electron chi connectivity index (χ2n) is 7.63. The van der Waals surface area contributed by atoms with Crippen LogP contribution in [0.1, 0.15) is 44.2 Å². The van der Waals surface area contributed by atoms with Crippen molar-refractivity contribution in [1.29, 1.82) is 0 Å². The Morgan fingerprint density at radius 2 is 1.79 bits per heavy atom. The van der Waals surface area contributed by atoms with Crippen molar-refractivity contribution in [3.63, 3.8) is 0 Å². The molecule has 0 radical (unpaired) electrons. The first-order valence-corrected chi connectivity index (χ1v) is 9.78. The van der Waals surface area contributed by atoms with Gasteiger partial charge in [-0.1, -0.05) is 12.8 Å². The largest absolute Gasteiger partial charge is 0.378 e. The molecule has 3 aliphatic rings. The number of hydrogen-bond donors (Lipinski definition) is 0. The van der Waals surface area contributed by atoms with Crippen molar-refractivity contribution < 1.29 is 4.74 Å². The van der Waals surface area contributed by atoms with Crippen LogP contribution in [-0.4, -0.2) is 60.5 Å². The van der Waals surface area contributed by atoms with Crippen LogP contribution in [0.4, 0.5) is 5.82 Å². The number of aromatic nitrogens is 2. The van der Waals surface area contributed by atoms with Gasteiger partial charge in [0.05, 0.1) is 18.9 Å². The Morgan fingerprint density at radius 1 is 0.958 bits per heavy atom. The molecule has 2 saturated heterocycles. The number of likely N-dealkylation sites (tertiary alicyclic amines) is 1. The van der Waals surface area contributed by atoms with Crippen LogP contribution in [0.15, 0.2) is 12.1 Å². The van der Waals surface area contributed by atoms with Crippen LogP contribution in [0.5, 0.6) is 0 Å². The van der Waals surface area contributed by atoms with E-state index >= 15 is 0 Å². The molecule has 3 heterocycles. The molecule has 1 aromatic rings. The molecular weight excluding hydrogens is 300 g/mol. The van der Waals surface area contributed by atoms with Crippen LogP contribution in [0, 0.1) is 5.92 Å². The third-order valence-electron chi connectivity index (χ3n) is 5.93. The summed E-state index contributed by atoms with van der Waals surface area (Å²) in [5.74, 6) is 1.75. The molecule has 0 amide bonds. The summed E-state index contributed by atoms with van der Waals surface area (Å²) >= 11 is 0. The molecule has 1 atom stereocenters. The van der Waals surface area contributed by atoms with E-state index in [0.717, 1.165) is 56.2 Å². The van der Waals surface area contributed by atoms with E-state index in [1.165, 1.54) is 51.6 Å². The zero-order valence-electron chi connectivity index (χ0n) is 14.7. The molecule has 24 heavy (non-hydrogen) atoms. The first-order valence-electron chi connectivity index (χ1n) is 9.78. The number of ether oxygens (including phenoxy) is 1. The molecule has 2 aliphatic heterocycles. The first-order chi connectivity index (χ1) is 11.9. The minimum Gasteiger partial charge on any atom is -0.378 e. The predicted molar refractivity (Wildman–Crippen MR) is 95.3 cm³/mol. The molecule has 3 fully saturated rings. The summed E-state index contributed by atoms with van der Waals surface area (Å²) < 4.78 is 5.40. The topological polar surface area (TPSA) is 41.5 Å². The highest BCUT2D eigenvalue weighted by molar-refractivity contribution is 5.37. The van der Waals surface area contributed by atoms with E-state index in [1.807, 2.05) is 0 Å². The molecule has 0 N–H and O–H groups in total. The molecule has 0 unspecified atom stereocenters. The number of hydrogen-bond acceptors (Lipinski definition) is 5. The fourth-order valence-electron chi connectivity index (χ4n) is 4.58. The molecule has 1 aliphatic carbocycles. The lowest BCUT2D eigenvalue weighted by Crippen LogP contribution is -2.42. The van der Waals surface area contributed by atoms with E-state index in [9.17, 15) is 0 Å². The number of piperidine rings is 1. The van der Waals surface area contributed by atoms with Crippen molar-refractivity contribution in [2.24, 2.45) is 5.92 Å². The predicted octanol–water partition coefficient (Wildman–Crippen LogP) is 2.51. The molecule has 4 rings (SSSR count). The van der Waals surface area contributed by atoms with Crippen LogP contribution in [0.25, 0.3) is 0 Å². The third-order valence-corrected chi connectivity index (χ3v) is 5.93. The Hall–Kier alpha value is -1.20. The number of anilines is 1. The monoisotopic (exact) mass is 330 g/mol. The Bertz CT molecular complexity index is 509. The number of nitrogens with zero attached hydrogens (tertiary/aromatic N) is 4. The molecule has 5 nitrogen and oxygen atoms in total. The van der Waals surface area contributed by atoms with E-state index < -0.39 is 0 Å². The third kappa shape index (κ3) is 3.89. The minimum atomic E-state index is 0.753. The van der Waals surface area contributed by atoms with Crippen LogP contribution in [-0.2, 0) is 11.2 Å². The molecule has 0 spiro atoms. The number of morpholine rings is 1. The lowest BCUT2D eigenvalue weighted by molar-refractivity contribution is 0.122. The Morgan fingerprint density at radius 3 is 2.54 bits per heavy atom. The van der Waals surface area contributed by atoms with Crippen LogP contribution in [0.2, 0.25) is 0 Å². The van der Waals surface area contributed by atoms with Gasteiger partial charge in [0.2, 0.25) is 0 Å². The summed E-state index contributed by atoms with van der Waals surface area (Å²) in [6.07, 6.45) is 9.47. The summed E-state index contributed by atoms with van der Waals surface area (Å²) in [4.78, 5) is 5.03. The summed E-state index contributed by atoms with van der Waals surface area (Å²) in [5.41, 5.74) is 1.16. The van der Waals surface area contributed by atoms with Crippen molar-refractivity contribution >= 4 is 5.82 Å². The summed E-state index contributed by atoms with van der Waals surface area (Å²) in [7, 11) is 0. The van der Waals surface area contributed by atoms with Gasteiger partial charge in [0.15, 0.2) is 5.82 Å². The summed E-state index contributed by atoms with van der Waals surface area (Å²) in [6, 6.07) is 5.19. The van der Waals surface area contributed by atoms with Gasteiger partial charge in [-0.05, 0) is 56.7 Å². The highest BCUT2D eigenvalue weighted by Crippen LogP contribution is 2.29. The van der Waals surface area contributed by atoms with Gasteiger partial charge < -0.3 is 14.5 Å². The van der Waals surface area contributed by atoms with Crippen molar-refractivity contribution in [3.8, 4) is 0 Å². The molecule has 5 heteroatoms. The van der Waals surface area contributed by atoms with Gasteiger partial charge >= 0.3 is 0 Å². The van der Waals surface area contributed by atoms with Crippen molar-refractivity contribution in [1.82, 2.24) is 15.1 Å². The van der Waals surface area contributed by atoms with E-state index in [1.54, 1.807) is 0 Å². The van der Waals surface area contributed by atoms with Gasteiger partial charge in [0.25, 0.3) is 0 Å². The molecule has 1 aromatic heterocycles. The van der Waals surface area contributed by atoms with Gasteiger partial charge in [-0.3, -0.25) is 0 Å². The SMILES string of the molecule is c1cc(N2CCOCC2)nnc1C[C@@H]1CCCN(C2CCCC2)C1. The quantitative estimate of drug-likeness (QED) is 0.848. The van der Waals surface area contributed by atoms with Crippen molar-refractivity contribution in [3.05, 3.63) is 17.8 Å². The normalized spacial score (nSPS) is 26.8. The molecule has 132 valence electrons. The second-order valence-corrected chi connectivity index (χ2v) is 7.63. The lowest BCUT2D eigenvalue weighted by Gasteiger charge is -2.36. The fourth-order valence-corrected chi connectivity index (χ4v) is 4.58. The van der Waals surface area contributed by atoms with Gasteiger partial charge in [-0.15, -0.1) is 5.10 Å². The fraction of sp³-hybridized carbons (Fsp3) is 0.789. The average molecular weight is 330 g/mol. The highest BCUT2D eigenvalue weighted by atomic mass is 16.5. The molecule has 1 saturated carbocycles. The summed E-state index contributed by atoms with van der Waals surface area (Å²) in [5, 5.41) is 8.99. The molecule has 0 aromatic carbocycles. The number of rotatable bonds is 4. The standard InChI is InChI=1S/C19H30N4O/c1-2-6-18(5-1)23-9-3-4-16(15-23)14-17-7-8-19(21-20-17)22-10-12-24-13-11-22/h7-8,16,18H,1-6,9-15H2/t16-/m0/s1. The Balaban J connectivity index is 1.32. The van der Waals surface area contributed by atoms with E-state index in [4.69, 9.17) is 4.74 Å². The zero-order valence-corrected chi connectivity index (χ0v) is 14.7. The molecular formula is C19H30N4O. The molecule has 0 bridgehead atoms. The van der Waals surface area contributed by atoms with Gasteiger partial charge in [-0.25, -0.2) is 0 Å². The average Bonchev–Trinajstić information content (AvgIpc) is 3.18. The Kier molecular flexibility index (Phi) is 5.28. The van der Waals surface area contributed by atoms with Gasteiger partial charge in [0, 0.05) is 25.7 Å². The maximum Gasteiger partial charge on any atom is 0.151 e. The highest BCUT2D eigenvalue weighted by Gasteiger charge is 2.28. The Labute approximate surface area is 145 Å². The van der Waals surface area contributed by atoms with Crippen LogP contribution in [0.3, 0.4) is 0 Å². The van der Waals surface area contributed by atoms with Gasteiger partial charge in [-0.2, -0.15) is 5.10 Å². The maximum atomic E-state index is 5.40. The minimum absolute atomic E-state index is 0.753. The smallest absolute Gasteiger partial charge is 0.151 e. The maximum absolute atomic E-state index is 5.40. The lowest BCUT2D eigenvalue weighted by atomic mass is 9.92. The summed E-state index contributed by atoms with van der Waals surface area (Å²) in [6.45, 7) is 6.01. The zero-order chi connectivity index (χ0) is 16.2. The van der Waals surface area contributed by atoms with Crippen molar-refractivity contribution in [2.75, 3.05) is 44.3 Å². The van der Waals surface area contributed by atoms with Crippen LogP contribution >= 0.6 is 0 Å².